The first kappa shape index (κ1) is 34.8. The zero-order valence-electron chi connectivity index (χ0n) is 25.4. The lowest BCUT2D eigenvalue weighted by Gasteiger charge is -2.19. The fourth-order valence-corrected chi connectivity index (χ4v) is 4.79. The number of nitrogens with two attached hydrogens (primary N) is 3. The molecule has 0 saturated heterocycles. The van der Waals surface area contributed by atoms with Crippen LogP contribution >= 0.6 is 23.2 Å². The minimum Gasteiger partial charge on any atom is -0.478 e. The molecule has 2 heterocycles. The van der Waals surface area contributed by atoms with Crippen molar-refractivity contribution in [2.75, 3.05) is 35.6 Å². The molecular weight excluding hydrogens is 649 g/mol. The number of ether oxygens (including phenoxy) is 1. The Morgan fingerprint density at radius 1 is 1.06 bits per heavy atom. The molecule has 4 aromatic rings. The van der Waals surface area contributed by atoms with Gasteiger partial charge in [0.1, 0.15) is 35.7 Å². The van der Waals surface area contributed by atoms with Crippen LogP contribution in [0.3, 0.4) is 0 Å². The summed E-state index contributed by atoms with van der Waals surface area (Å²) < 4.78 is 11.4. The van der Waals surface area contributed by atoms with Gasteiger partial charge in [0.15, 0.2) is 17.6 Å². The fraction of sp³-hybridized carbons (Fsp3) is 0.258. The second kappa shape index (κ2) is 16.5. The number of rotatable bonds is 16. The number of carbonyl (C=O) groups is 2. The van der Waals surface area contributed by atoms with E-state index in [2.05, 4.69) is 30.9 Å². The molecule has 2 aromatic carbocycles. The zero-order valence-corrected chi connectivity index (χ0v) is 26.9. The number of benzene rings is 2. The highest BCUT2D eigenvalue weighted by Crippen LogP contribution is 2.34. The Labute approximate surface area is 280 Å². The SMILES string of the molecule is Cc1nc(NCCOC(=O)C(N)CCCN=C(N)N)c(NCc2ccc(-c3cc(Cl)ccc3Cl)o2)c(Nc2ccccc2C(=O)O)n1. The monoisotopic (exact) mass is 683 g/mol. The second-order valence-electron chi connectivity index (χ2n) is 10.2. The van der Waals surface area contributed by atoms with Crippen molar-refractivity contribution < 1.29 is 23.8 Å². The van der Waals surface area contributed by atoms with Crippen molar-refractivity contribution in [3.63, 3.8) is 0 Å². The number of hydrogen-bond acceptors (Lipinski definition) is 11. The number of aryl methyl sites for hydroxylation is 1. The molecule has 10 N–H and O–H groups in total. The van der Waals surface area contributed by atoms with Gasteiger partial charge in [-0.2, -0.15) is 0 Å². The average molecular weight is 685 g/mol. The second-order valence-corrected chi connectivity index (χ2v) is 11.1. The predicted octanol–water partition coefficient (Wildman–Crippen LogP) is 4.74. The van der Waals surface area contributed by atoms with Crippen LogP contribution in [-0.2, 0) is 16.1 Å². The number of furan rings is 1. The summed E-state index contributed by atoms with van der Waals surface area (Å²) in [5.41, 5.74) is 18.0. The number of carboxylic acid groups (broad SMARTS) is 1. The molecule has 0 bridgehead atoms. The molecule has 0 amide bonds. The Morgan fingerprint density at radius 2 is 1.83 bits per heavy atom. The minimum atomic E-state index is -1.11. The number of guanidine groups is 1. The molecule has 0 aliphatic rings. The van der Waals surface area contributed by atoms with E-state index in [1.807, 2.05) is 0 Å². The summed E-state index contributed by atoms with van der Waals surface area (Å²) in [5.74, 6) is 0.458. The van der Waals surface area contributed by atoms with Crippen LogP contribution in [0.25, 0.3) is 11.3 Å². The number of esters is 1. The van der Waals surface area contributed by atoms with Gasteiger partial charge < -0.3 is 47.4 Å². The van der Waals surface area contributed by atoms with Crippen LogP contribution in [-0.4, -0.2) is 58.7 Å². The first-order valence-electron chi connectivity index (χ1n) is 14.5. The number of carbonyl (C=O) groups excluding carboxylic acids is 1. The molecule has 1 atom stereocenters. The minimum absolute atomic E-state index is 0.00449. The average Bonchev–Trinajstić information content (AvgIpc) is 3.50. The van der Waals surface area contributed by atoms with Crippen molar-refractivity contribution >= 4 is 64.1 Å². The molecular formula is C31H35Cl2N9O5. The van der Waals surface area contributed by atoms with E-state index in [1.54, 1.807) is 55.5 Å². The van der Waals surface area contributed by atoms with E-state index in [0.717, 1.165) is 0 Å². The van der Waals surface area contributed by atoms with E-state index >= 15 is 0 Å². The number of nitrogens with one attached hydrogen (secondary N) is 3. The Balaban J connectivity index is 1.51. The molecule has 0 radical (unpaired) electrons. The lowest BCUT2D eigenvalue weighted by Crippen LogP contribution is -2.33. The number of halogens is 2. The topological polar surface area (TPSA) is 229 Å². The molecule has 0 spiro atoms. The first-order valence-corrected chi connectivity index (χ1v) is 15.2. The van der Waals surface area contributed by atoms with Crippen molar-refractivity contribution in [2.24, 2.45) is 22.2 Å². The standard InChI is InChI=1S/C31H35Cl2N9O5/c1-17-40-27(37-13-14-46-30(45)23(34)6-4-12-38-31(35)36)26(28(41-17)42-24-7-3-2-5-20(24)29(43)44)39-16-19-9-11-25(47-19)21-15-18(32)8-10-22(21)33/h2-3,5,7-11,15,23,39H,4,6,12-14,16,34H2,1H3,(H,43,44)(H4,35,36,38)(H2,37,40,41,42). The normalized spacial score (nSPS) is 11.4. The maximum absolute atomic E-state index is 12.4. The van der Waals surface area contributed by atoms with E-state index in [1.165, 1.54) is 6.07 Å². The van der Waals surface area contributed by atoms with E-state index in [4.69, 9.17) is 49.6 Å². The highest BCUT2D eigenvalue weighted by molar-refractivity contribution is 6.35. The predicted molar refractivity (Wildman–Crippen MR) is 182 cm³/mol. The van der Waals surface area contributed by atoms with Gasteiger partial charge in [0.2, 0.25) is 0 Å². The van der Waals surface area contributed by atoms with Crippen molar-refractivity contribution in [1.29, 1.82) is 0 Å². The van der Waals surface area contributed by atoms with Gasteiger partial charge >= 0.3 is 11.9 Å². The van der Waals surface area contributed by atoms with Gasteiger partial charge in [-0.15, -0.1) is 0 Å². The molecule has 0 saturated carbocycles. The van der Waals surface area contributed by atoms with E-state index < -0.39 is 18.0 Å². The number of anilines is 4. The highest BCUT2D eigenvalue weighted by atomic mass is 35.5. The summed E-state index contributed by atoms with van der Waals surface area (Å²) in [5, 5.41) is 20.3. The largest absolute Gasteiger partial charge is 0.478 e. The lowest BCUT2D eigenvalue weighted by molar-refractivity contribution is -0.144. The number of hydrogen-bond donors (Lipinski definition) is 7. The van der Waals surface area contributed by atoms with Gasteiger partial charge in [-0.1, -0.05) is 35.3 Å². The van der Waals surface area contributed by atoms with Gasteiger partial charge in [-0.05, 0) is 62.2 Å². The molecule has 0 fully saturated rings. The molecule has 248 valence electrons. The van der Waals surface area contributed by atoms with Gasteiger partial charge in [0.25, 0.3) is 0 Å². The van der Waals surface area contributed by atoms with Gasteiger partial charge in [-0.3, -0.25) is 9.79 Å². The molecule has 0 aliphatic carbocycles. The third-order valence-corrected chi connectivity index (χ3v) is 7.20. The number of aromatic carboxylic acids is 1. The quantitative estimate of drug-likeness (QED) is 0.0366. The first-order chi connectivity index (χ1) is 22.5. The van der Waals surface area contributed by atoms with Crippen LogP contribution in [0.2, 0.25) is 10.0 Å². The molecule has 47 heavy (non-hydrogen) atoms. The summed E-state index contributed by atoms with van der Waals surface area (Å²) in [4.78, 5) is 37.2. The number of carboxylic acids is 1. The molecule has 2 aromatic heterocycles. The zero-order chi connectivity index (χ0) is 33.9. The van der Waals surface area contributed by atoms with Crippen LogP contribution in [0.1, 0.15) is 34.8 Å². The molecule has 16 heteroatoms. The Morgan fingerprint density at radius 3 is 2.60 bits per heavy atom. The maximum atomic E-state index is 12.4. The maximum Gasteiger partial charge on any atom is 0.337 e. The summed E-state index contributed by atoms with van der Waals surface area (Å²) in [6.07, 6.45) is 0.874. The Hall–Kier alpha value is -5.05. The smallest absolute Gasteiger partial charge is 0.337 e. The highest BCUT2D eigenvalue weighted by Gasteiger charge is 2.19. The van der Waals surface area contributed by atoms with Crippen molar-refractivity contribution in [2.45, 2.75) is 32.4 Å². The van der Waals surface area contributed by atoms with Crippen LogP contribution in [0, 0.1) is 6.92 Å². The lowest BCUT2D eigenvalue weighted by atomic mass is 10.2. The molecule has 1 unspecified atom stereocenters. The molecule has 14 nitrogen and oxygen atoms in total. The summed E-state index contributed by atoms with van der Waals surface area (Å²) >= 11 is 12.5. The van der Waals surface area contributed by atoms with E-state index in [-0.39, 0.29) is 31.2 Å². The summed E-state index contributed by atoms with van der Waals surface area (Å²) in [6.45, 7) is 2.42. The number of aromatic nitrogens is 2. The van der Waals surface area contributed by atoms with Crippen LogP contribution in [0.4, 0.5) is 23.0 Å². The summed E-state index contributed by atoms with van der Waals surface area (Å²) in [6, 6.07) is 14.3. The number of nitrogens with zero attached hydrogens (tertiary/aromatic N) is 3. The fourth-order valence-electron chi connectivity index (χ4n) is 4.41. The Kier molecular flexibility index (Phi) is 12.2. The van der Waals surface area contributed by atoms with E-state index in [9.17, 15) is 14.7 Å². The van der Waals surface area contributed by atoms with Crippen LogP contribution < -0.4 is 33.2 Å². The van der Waals surface area contributed by atoms with E-state index in [0.29, 0.717) is 75.4 Å². The van der Waals surface area contributed by atoms with Crippen molar-refractivity contribution in [1.82, 2.24) is 9.97 Å². The molecule has 0 aliphatic heterocycles. The third-order valence-electron chi connectivity index (χ3n) is 6.64. The third kappa shape index (κ3) is 9.97. The molecule has 4 rings (SSSR count). The number of para-hydroxylation sites is 1. The summed E-state index contributed by atoms with van der Waals surface area (Å²) in [7, 11) is 0. The van der Waals surface area contributed by atoms with Gasteiger partial charge in [-0.25, -0.2) is 14.8 Å². The Bertz CT molecular complexity index is 1740. The van der Waals surface area contributed by atoms with Crippen LogP contribution in [0.5, 0.6) is 0 Å². The van der Waals surface area contributed by atoms with Gasteiger partial charge in [0.05, 0.1) is 29.4 Å². The van der Waals surface area contributed by atoms with Crippen molar-refractivity contribution in [3.05, 3.63) is 81.8 Å². The van der Waals surface area contributed by atoms with Gasteiger partial charge in [0, 0.05) is 17.1 Å². The number of aliphatic imine (C=N–C) groups is 1. The van der Waals surface area contributed by atoms with Crippen LogP contribution in [0.15, 0.2) is 64.0 Å². The van der Waals surface area contributed by atoms with Crippen molar-refractivity contribution in [3.8, 4) is 11.3 Å².